The van der Waals surface area contributed by atoms with Gasteiger partial charge in [0.05, 0.1) is 0 Å². The molecule has 0 aromatic heterocycles. The fourth-order valence-corrected chi connectivity index (χ4v) is 1.24. The van der Waals surface area contributed by atoms with E-state index < -0.39 is 0 Å². The molecule has 4 nitrogen and oxygen atoms in total. The molecule has 1 aromatic rings. The molecule has 0 aliphatic rings. The minimum absolute atomic E-state index is 0.0831. The molecule has 98 valence electrons. The topological polar surface area (TPSA) is 55.4 Å². The van der Waals surface area contributed by atoms with Gasteiger partial charge in [0.1, 0.15) is 0 Å². The number of carbonyl (C=O) groups excluding carboxylic acids is 1. The van der Waals surface area contributed by atoms with Crippen molar-refractivity contribution >= 4 is 5.91 Å². The van der Waals surface area contributed by atoms with Crippen LogP contribution in [0, 0.1) is 5.92 Å². The Balaban J connectivity index is 2.54. The molecule has 1 amide bonds. The van der Waals surface area contributed by atoms with Crippen LogP contribution in [0.15, 0.2) is 35.1 Å². The predicted molar refractivity (Wildman–Crippen MR) is 70.6 cm³/mol. The zero-order valence-corrected chi connectivity index (χ0v) is 11.0. The van der Waals surface area contributed by atoms with Gasteiger partial charge in [-0.05, 0) is 25.0 Å². The third kappa shape index (κ3) is 4.57. The summed E-state index contributed by atoms with van der Waals surface area (Å²) < 4.78 is 5.21. The largest absolute Gasteiger partial charge is 0.480 e. The monoisotopic (exact) mass is 249 g/mol. The van der Waals surface area contributed by atoms with Crippen LogP contribution in [0.5, 0.6) is 5.75 Å². The summed E-state index contributed by atoms with van der Waals surface area (Å²) in [7, 11) is 0. The fourth-order valence-electron chi connectivity index (χ4n) is 1.24. The number of hydrogen-bond acceptors (Lipinski definition) is 3. The van der Waals surface area contributed by atoms with E-state index in [1.165, 1.54) is 6.07 Å². The van der Waals surface area contributed by atoms with Crippen molar-refractivity contribution in [1.29, 1.82) is 0 Å². The Bertz CT molecular complexity index is 457. The molecule has 1 N–H and O–H groups in total. The van der Waals surface area contributed by atoms with Gasteiger partial charge in [-0.15, -0.1) is 0 Å². The Kier molecular flexibility index (Phi) is 5.36. The molecule has 0 saturated heterocycles. The summed E-state index contributed by atoms with van der Waals surface area (Å²) in [6, 6.07) is 8.11. The standard InChI is InChI=1S/C14H19NO3/c1-10(2)11(3)15-14(17)9-18-13-8-6-4-5-7-12(13)16/h4-8,10-11H,9H2,1-3H3,(H,15,17)/t11-/m0/s1. The Morgan fingerprint density at radius 2 is 1.89 bits per heavy atom. The molecular formula is C14H19NO3. The Morgan fingerprint density at radius 1 is 1.22 bits per heavy atom. The number of carbonyl (C=O) groups is 1. The van der Waals surface area contributed by atoms with Gasteiger partial charge >= 0.3 is 0 Å². The van der Waals surface area contributed by atoms with Crippen molar-refractivity contribution in [2.45, 2.75) is 26.8 Å². The molecule has 0 unspecified atom stereocenters. The van der Waals surface area contributed by atoms with Crippen LogP contribution in [0.1, 0.15) is 20.8 Å². The summed E-state index contributed by atoms with van der Waals surface area (Å²) in [6.45, 7) is 5.85. The second-order valence-electron chi connectivity index (χ2n) is 4.53. The lowest BCUT2D eigenvalue weighted by Gasteiger charge is -2.17. The van der Waals surface area contributed by atoms with Gasteiger partial charge < -0.3 is 10.1 Å². The van der Waals surface area contributed by atoms with Crippen molar-refractivity contribution in [3.8, 4) is 5.75 Å². The molecule has 0 aliphatic heterocycles. The molecule has 18 heavy (non-hydrogen) atoms. The lowest BCUT2D eigenvalue weighted by atomic mass is 10.1. The number of ether oxygens (including phenoxy) is 1. The maximum absolute atomic E-state index is 11.6. The van der Waals surface area contributed by atoms with E-state index in [0.717, 1.165) is 0 Å². The second kappa shape index (κ2) is 6.79. The average molecular weight is 249 g/mol. The summed E-state index contributed by atoms with van der Waals surface area (Å²) >= 11 is 0. The van der Waals surface area contributed by atoms with Crippen molar-refractivity contribution in [2.75, 3.05) is 6.61 Å². The first-order valence-electron chi connectivity index (χ1n) is 6.02. The molecular weight excluding hydrogens is 230 g/mol. The SMILES string of the molecule is CC(C)[C@H](C)NC(=O)COc1cccccc1=O. The molecule has 0 radical (unpaired) electrons. The smallest absolute Gasteiger partial charge is 0.258 e. The highest BCUT2D eigenvalue weighted by Gasteiger charge is 2.11. The Hall–Kier alpha value is -1.84. The van der Waals surface area contributed by atoms with Gasteiger partial charge in [-0.3, -0.25) is 9.59 Å². The van der Waals surface area contributed by atoms with Crippen molar-refractivity contribution < 1.29 is 9.53 Å². The summed E-state index contributed by atoms with van der Waals surface area (Å²) in [4.78, 5) is 23.1. The normalized spacial score (nSPS) is 12.0. The van der Waals surface area contributed by atoms with E-state index in [0.29, 0.717) is 5.92 Å². The van der Waals surface area contributed by atoms with Crippen LogP contribution < -0.4 is 15.5 Å². The molecule has 0 aliphatic carbocycles. The van der Waals surface area contributed by atoms with Gasteiger partial charge in [-0.1, -0.05) is 32.0 Å². The van der Waals surface area contributed by atoms with E-state index >= 15 is 0 Å². The van der Waals surface area contributed by atoms with E-state index in [9.17, 15) is 9.59 Å². The lowest BCUT2D eigenvalue weighted by molar-refractivity contribution is -0.124. The molecule has 0 saturated carbocycles. The number of nitrogens with one attached hydrogen (secondary N) is 1. The lowest BCUT2D eigenvalue weighted by Crippen LogP contribution is -2.39. The molecule has 1 aromatic carbocycles. The van der Waals surface area contributed by atoms with E-state index in [-0.39, 0.29) is 29.7 Å². The molecule has 1 rings (SSSR count). The summed E-state index contributed by atoms with van der Waals surface area (Å²) in [5, 5.41) is 2.81. The first-order chi connectivity index (χ1) is 8.50. The summed E-state index contributed by atoms with van der Waals surface area (Å²) in [6.07, 6.45) is 0. The Labute approximate surface area is 107 Å². The quantitative estimate of drug-likeness (QED) is 0.862. The third-order valence-electron chi connectivity index (χ3n) is 2.71. The number of amides is 1. The van der Waals surface area contributed by atoms with Crippen molar-refractivity contribution in [2.24, 2.45) is 5.92 Å². The van der Waals surface area contributed by atoms with Crippen LogP contribution in [0.25, 0.3) is 0 Å². The van der Waals surface area contributed by atoms with Crippen LogP contribution >= 0.6 is 0 Å². The van der Waals surface area contributed by atoms with Gasteiger partial charge in [0.25, 0.3) is 5.91 Å². The zero-order chi connectivity index (χ0) is 13.5. The summed E-state index contributed by atoms with van der Waals surface area (Å²) in [5.74, 6) is 0.327. The van der Waals surface area contributed by atoms with Crippen molar-refractivity contribution in [3.05, 3.63) is 40.6 Å². The van der Waals surface area contributed by atoms with Crippen LogP contribution in [0.4, 0.5) is 0 Å². The first-order valence-corrected chi connectivity index (χ1v) is 6.02. The van der Waals surface area contributed by atoms with Gasteiger partial charge in [0.2, 0.25) is 5.43 Å². The molecule has 0 heterocycles. The zero-order valence-electron chi connectivity index (χ0n) is 11.0. The maximum Gasteiger partial charge on any atom is 0.258 e. The highest BCUT2D eigenvalue weighted by Crippen LogP contribution is 2.02. The third-order valence-corrected chi connectivity index (χ3v) is 2.71. The predicted octanol–water partition coefficient (Wildman–Crippen LogP) is 1.59. The molecule has 0 fully saturated rings. The Morgan fingerprint density at radius 3 is 2.56 bits per heavy atom. The molecule has 4 heteroatoms. The van der Waals surface area contributed by atoms with Gasteiger partial charge in [-0.25, -0.2) is 0 Å². The van der Waals surface area contributed by atoms with Gasteiger partial charge in [0.15, 0.2) is 12.4 Å². The fraction of sp³-hybridized carbons (Fsp3) is 0.429. The minimum Gasteiger partial charge on any atom is -0.480 e. The highest BCUT2D eigenvalue weighted by atomic mass is 16.5. The van der Waals surface area contributed by atoms with Crippen molar-refractivity contribution in [1.82, 2.24) is 5.32 Å². The van der Waals surface area contributed by atoms with Crippen LogP contribution in [-0.4, -0.2) is 18.6 Å². The average Bonchev–Trinajstić information content (AvgIpc) is 2.51. The van der Waals surface area contributed by atoms with E-state index in [4.69, 9.17) is 4.74 Å². The van der Waals surface area contributed by atoms with Gasteiger partial charge in [-0.2, -0.15) is 0 Å². The minimum atomic E-state index is -0.232. The van der Waals surface area contributed by atoms with Crippen LogP contribution in [0.3, 0.4) is 0 Å². The molecule has 0 bridgehead atoms. The molecule has 1 atom stereocenters. The van der Waals surface area contributed by atoms with E-state index in [1.807, 2.05) is 20.8 Å². The van der Waals surface area contributed by atoms with E-state index in [2.05, 4.69) is 5.32 Å². The summed E-state index contributed by atoms with van der Waals surface area (Å²) in [5.41, 5.74) is -0.232. The highest BCUT2D eigenvalue weighted by molar-refractivity contribution is 5.77. The molecule has 0 spiro atoms. The van der Waals surface area contributed by atoms with Crippen LogP contribution in [-0.2, 0) is 4.79 Å². The second-order valence-corrected chi connectivity index (χ2v) is 4.53. The maximum atomic E-state index is 11.6. The van der Waals surface area contributed by atoms with Crippen LogP contribution in [0.2, 0.25) is 0 Å². The number of rotatable bonds is 5. The number of hydrogen-bond donors (Lipinski definition) is 1. The van der Waals surface area contributed by atoms with E-state index in [1.54, 1.807) is 24.3 Å². The van der Waals surface area contributed by atoms with Gasteiger partial charge in [0, 0.05) is 6.04 Å². The first kappa shape index (κ1) is 14.2. The van der Waals surface area contributed by atoms with Crippen molar-refractivity contribution in [3.63, 3.8) is 0 Å².